The van der Waals surface area contributed by atoms with Crippen LogP contribution in [0.15, 0.2) is 0 Å². The summed E-state index contributed by atoms with van der Waals surface area (Å²) in [6.45, 7) is 4.26. The Kier molecular flexibility index (Phi) is 3.24. The summed E-state index contributed by atoms with van der Waals surface area (Å²) in [6.07, 6.45) is 7.29. The molecule has 1 saturated carbocycles. The molecule has 1 aliphatic heterocycles. The number of aliphatic carboxylic acids is 1. The van der Waals surface area contributed by atoms with Gasteiger partial charge in [-0.25, -0.2) is 0 Å². The van der Waals surface area contributed by atoms with E-state index in [1.165, 1.54) is 12.8 Å². The Balaban J connectivity index is 2.02. The molecule has 0 radical (unpaired) electrons. The molecule has 0 bridgehead atoms. The SMILES string of the molecule is CCC1(C(=O)O)CCC2(CCNCC2)CC1. The second-order valence-corrected chi connectivity index (χ2v) is 5.69. The predicted octanol–water partition coefficient (Wildman–Crippen LogP) is 2.41. The minimum Gasteiger partial charge on any atom is -0.481 e. The average molecular weight is 225 g/mol. The number of hydrogen-bond donors (Lipinski definition) is 2. The fourth-order valence-electron chi connectivity index (χ4n) is 3.43. The van der Waals surface area contributed by atoms with Crippen molar-refractivity contribution >= 4 is 5.97 Å². The molecule has 0 aromatic rings. The minimum atomic E-state index is -0.571. The lowest BCUT2D eigenvalue weighted by Gasteiger charge is -2.46. The Morgan fingerprint density at radius 1 is 1.12 bits per heavy atom. The minimum absolute atomic E-state index is 0.407. The van der Waals surface area contributed by atoms with Gasteiger partial charge in [0.1, 0.15) is 0 Å². The van der Waals surface area contributed by atoms with E-state index >= 15 is 0 Å². The Morgan fingerprint density at radius 3 is 2.12 bits per heavy atom. The van der Waals surface area contributed by atoms with E-state index in [1.807, 2.05) is 6.92 Å². The number of carboxylic acid groups (broad SMARTS) is 1. The first-order chi connectivity index (χ1) is 7.63. The third kappa shape index (κ3) is 1.97. The zero-order valence-corrected chi connectivity index (χ0v) is 10.2. The first kappa shape index (κ1) is 11.9. The van der Waals surface area contributed by atoms with Crippen molar-refractivity contribution in [3.8, 4) is 0 Å². The molecule has 3 nitrogen and oxygen atoms in total. The first-order valence-corrected chi connectivity index (χ1v) is 6.57. The van der Waals surface area contributed by atoms with Gasteiger partial charge in [-0.1, -0.05) is 6.92 Å². The monoisotopic (exact) mass is 225 g/mol. The molecular weight excluding hydrogens is 202 g/mol. The van der Waals surface area contributed by atoms with Crippen LogP contribution in [-0.2, 0) is 4.79 Å². The Hall–Kier alpha value is -0.570. The molecule has 0 atom stereocenters. The summed E-state index contributed by atoms with van der Waals surface area (Å²) in [7, 11) is 0. The van der Waals surface area contributed by atoms with Crippen LogP contribution in [-0.4, -0.2) is 24.2 Å². The zero-order chi connectivity index (χ0) is 11.6. The maximum Gasteiger partial charge on any atom is 0.309 e. The van der Waals surface area contributed by atoms with Gasteiger partial charge < -0.3 is 10.4 Å². The van der Waals surface area contributed by atoms with E-state index in [0.717, 1.165) is 45.2 Å². The molecule has 2 aliphatic rings. The Labute approximate surface area is 97.6 Å². The number of carboxylic acids is 1. The maximum absolute atomic E-state index is 11.4. The quantitative estimate of drug-likeness (QED) is 0.758. The van der Waals surface area contributed by atoms with E-state index in [4.69, 9.17) is 0 Å². The van der Waals surface area contributed by atoms with Crippen LogP contribution in [0, 0.1) is 10.8 Å². The molecule has 16 heavy (non-hydrogen) atoms. The topological polar surface area (TPSA) is 49.3 Å². The number of rotatable bonds is 2. The van der Waals surface area contributed by atoms with Crippen molar-refractivity contribution in [2.75, 3.05) is 13.1 Å². The van der Waals surface area contributed by atoms with Crippen LogP contribution in [0.1, 0.15) is 51.9 Å². The van der Waals surface area contributed by atoms with Crippen molar-refractivity contribution in [3.05, 3.63) is 0 Å². The van der Waals surface area contributed by atoms with Crippen molar-refractivity contribution in [2.45, 2.75) is 51.9 Å². The molecule has 0 aromatic carbocycles. The van der Waals surface area contributed by atoms with Gasteiger partial charge in [0.25, 0.3) is 0 Å². The summed E-state index contributed by atoms with van der Waals surface area (Å²) in [5.41, 5.74) is 0.0650. The summed E-state index contributed by atoms with van der Waals surface area (Å²) in [6, 6.07) is 0. The lowest BCUT2D eigenvalue weighted by Crippen LogP contribution is -2.44. The summed E-state index contributed by atoms with van der Waals surface area (Å²) in [4.78, 5) is 11.4. The van der Waals surface area contributed by atoms with Gasteiger partial charge in [-0.05, 0) is 63.5 Å². The fraction of sp³-hybridized carbons (Fsp3) is 0.923. The second kappa shape index (κ2) is 4.36. The van der Waals surface area contributed by atoms with E-state index in [1.54, 1.807) is 0 Å². The molecule has 1 heterocycles. The molecule has 0 aromatic heterocycles. The largest absolute Gasteiger partial charge is 0.481 e. The predicted molar refractivity (Wildman–Crippen MR) is 63.4 cm³/mol. The third-order valence-electron chi connectivity index (χ3n) is 5.06. The molecule has 1 saturated heterocycles. The summed E-state index contributed by atoms with van der Waals surface area (Å²) < 4.78 is 0. The van der Waals surface area contributed by atoms with Gasteiger partial charge in [0.15, 0.2) is 0 Å². The van der Waals surface area contributed by atoms with Crippen LogP contribution >= 0.6 is 0 Å². The highest BCUT2D eigenvalue weighted by Crippen LogP contribution is 2.51. The van der Waals surface area contributed by atoms with Gasteiger partial charge in [0.2, 0.25) is 0 Å². The van der Waals surface area contributed by atoms with Gasteiger partial charge >= 0.3 is 5.97 Å². The Morgan fingerprint density at radius 2 is 1.69 bits per heavy atom. The molecule has 1 aliphatic carbocycles. The lowest BCUT2D eigenvalue weighted by molar-refractivity contribution is -0.153. The number of hydrogen-bond acceptors (Lipinski definition) is 2. The third-order valence-corrected chi connectivity index (χ3v) is 5.06. The lowest BCUT2D eigenvalue weighted by atomic mass is 9.60. The second-order valence-electron chi connectivity index (χ2n) is 5.69. The molecule has 0 amide bonds. The van der Waals surface area contributed by atoms with Gasteiger partial charge in [0.05, 0.1) is 5.41 Å². The highest BCUT2D eigenvalue weighted by molar-refractivity contribution is 5.74. The highest BCUT2D eigenvalue weighted by Gasteiger charge is 2.46. The van der Waals surface area contributed by atoms with Crippen LogP contribution in [0.3, 0.4) is 0 Å². The highest BCUT2D eigenvalue weighted by atomic mass is 16.4. The Bertz CT molecular complexity index is 259. The number of piperidine rings is 1. The van der Waals surface area contributed by atoms with Crippen molar-refractivity contribution < 1.29 is 9.90 Å². The van der Waals surface area contributed by atoms with E-state index in [9.17, 15) is 9.90 Å². The van der Waals surface area contributed by atoms with Gasteiger partial charge in [-0.2, -0.15) is 0 Å². The van der Waals surface area contributed by atoms with Crippen LogP contribution in [0.4, 0.5) is 0 Å². The normalized spacial score (nSPS) is 27.8. The summed E-state index contributed by atoms with van der Waals surface area (Å²) >= 11 is 0. The molecule has 92 valence electrons. The summed E-state index contributed by atoms with van der Waals surface area (Å²) in [5.74, 6) is -0.571. The molecule has 1 spiro atoms. The fourth-order valence-corrected chi connectivity index (χ4v) is 3.43. The molecule has 2 fully saturated rings. The molecular formula is C13H23NO2. The first-order valence-electron chi connectivity index (χ1n) is 6.57. The van der Waals surface area contributed by atoms with E-state index in [2.05, 4.69) is 5.32 Å². The molecule has 3 heteroatoms. The van der Waals surface area contributed by atoms with Crippen molar-refractivity contribution in [1.29, 1.82) is 0 Å². The standard InChI is InChI=1S/C13H23NO2/c1-2-13(11(15)16)5-3-12(4-6-13)7-9-14-10-8-12/h14H,2-10H2,1H3,(H,15,16). The van der Waals surface area contributed by atoms with Gasteiger partial charge in [0, 0.05) is 0 Å². The van der Waals surface area contributed by atoms with Crippen molar-refractivity contribution in [2.24, 2.45) is 10.8 Å². The molecule has 0 unspecified atom stereocenters. The summed E-state index contributed by atoms with van der Waals surface area (Å²) in [5, 5.41) is 12.8. The van der Waals surface area contributed by atoms with Crippen LogP contribution < -0.4 is 5.32 Å². The average Bonchev–Trinajstić information content (AvgIpc) is 2.31. The van der Waals surface area contributed by atoms with Gasteiger partial charge in [-0.3, -0.25) is 4.79 Å². The zero-order valence-electron chi connectivity index (χ0n) is 10.2. The molecule has 2 rings (SSSR count). The van der Waals surface area contributed by atoms with Crippen LogP contribution in [0.25, 0.3) is 0 Å². The van der Waals surface area contributed by atoms with Gasteiger partial charge in [-0.15, -0.1) is 0 Å². The molecule has 2 N–H and O–H groups in total. The number of carbonyl (C=O) groups is 1. The number of nitrogens with one attached hydrogen (secondary N) is 1. The van der Waals surface area contributed by atoms with Crippen LogP contribution in [0.2, 0.25) is 0 Å². The maximum atomic E-state index is 11.4. The van der Waals surface area contributed by atoms with E-state index in [-0.39, 0.29) is 0 Å². The van der Waals surface area contributed by atoms with Crippen LogP contribution in [0.5, 0.6) is 0 Å². The van der Waals surface area contributed by atoms with E-state index < -0.39 is 11.4 Å². The van der Waals surface area contributed by atoms with E-state index in [0.29, 0.717) is 5.41 Å². The smallest absolute Gasteiger partial charge is 0.309 e. The van der Waals surface area contributed by atoms with Crippen molar-refractivity contribution in [3.63, 3.8) is 0 Å². The van der Waals surface area contributed by atoms with Crippen molar-refractivity contribution in [1.82, 2.24) is 5.32 Å².